The number of rotatable bonds is 7. The number of methoxy groups -OCH3 is 1. The Labute approximate surface area is 125 Å². The summed E-state index contributed by atoms with van der Waals surface area (Å²) in [5.41, 5.74) is 7.14. The van der Waals surface area contributed by atoms with Crippen molar-refractivity contribution < 1.29 is 14.2 Å². The summed E-state index contributed by atoms with van der Waals surface area (Å²) in [6, 6.07) is 15.0. The lowest BCUT2D eigenvalue weighted by Crippen LogP contribution is -2.18. The zero-order valence-electron chi connectivity index (χ0n) is 12.4. The summed E-state index contributed by atoms with van der Waals surface area (Å²) in [6.07, 6.45) is 0. The van der Waals surface area contributed by atoms with Gasteiger partial charge in [-0.15, -0.1) is 0 Å². The van der Waals surface area contributed by atoms with Crippen molar-refractivity contribution in [2.75, 3.05) is 20.3 Å². The molecule has 2 aromatic carbocycles. The van der Waals surface area contributed by atoms with Crippen LogP contribution in [0.2, 0.25) is 0 Å². The fourth-order valence-corrected chi connectivity index (χ4v) is 1.93. The Morgan fingerprint density at radius 1 is 0.857 bits per heavy atom. The molecule has 2 rings (SSSR count). The third-order valence-electron chi connectivity index (χ3n) is 3.11. The maximum Gasteiger partial charge on any atom is 0.119 e. The van der Waals surface area contributed by atoms with Crippen LogP contribution in [-0.2, 0) is 0 Å². The molecule has 0 aliphatic carbocycles. The highest BCUT2D eigenvalue weighted by atomic mass is 16.5. The summed E-state index contributed by atoms with van der Waals surface area (Å²) < 4.78 is 16.2. The first kappa shape index (κ1) is 15.2. The van der Waals surface area contributed by atoms with Crippen molar-refractivity contribution in [2.45, 2.75) is 13.0 Å². The van der Waals surface area contributed by atoms with Gasteiger partial charge in [-0.3, -0.25) is 0 Å². The lowest BCUT2D eigenvalue weighted by atomic mass is 10.1. The average Bonchev–Trinajstić information content (AvgIpc) is 2.54. The Morgan fingerprint density at radius 2 is 1.38 bits per heavy atom. The van der Waals surface area contributed by atoms with Gasteiger partial charge < -0.3 is 19.9 Å². The smallest absolute Gasteiger partial charge is 0.119 e. The van der Waals surface area contributed by atoms with Gasteiger partial charge in [0, 0.05) is 0 Å². The molecule has 2 N–H and O–H groups in total. The van der Waals surface area contributed by atoms with Gasteiger partial charge in [-0.2, -0.15) is 0 Å². The highest BCUT2D eigenvalue weighted by Crippen LogP contribution is 2.20. The molecule has 0 heterocycles. The molecule has 0 aliphatic heterocycles. The molecule has 21 heavy (non-hydrogen) atoms. The molecule has 1 atom stereocenters. The van der Waals surface area contributed by atoms with Gasteiger partial charge in [0.2, 0.25) is 0 Å². The van der Waals surface area contributed by atoms with Crippen LogP contribution in [0, 0.1) is 0 Å². The molecule has 4 heteroatoms. The van der Waals surface area contributed by atoms with Crippen LogP contribution in [0.25, 0.3) is 0 Å². The zero-order chi connectivity index (χ0) is 15.1. The molecular formula is C17H21NO3. The molecule has 0 saturated heterocycles. The third kappa shape index (κ3) is 4.39. The van der Waals surface area contributed by atoms with Gasteiger partial charge in [0.25, 0.3) is 0 Å². The first-order valence-corrected chi connectivity index (χ1v) is 6.98. The van der Waals surface area contributed by atoms with Gasteiger partial charge in [0.1, 0.15) is 23.9 Å². The summed E-state index contributed by atoms with van der Waals surface area (Å²) in [6.45, 7) is 3.03. The number of hydrogen-bond acceptors (Lipinski definition) is 4. The van der Waals surface area contributed by atoms with Crippen LogP contribution in [0.5, 0.6) is 17.2 Å². The van der Waals surface area contributed by atoms with Crippen molar-refractivity contribution in [1.82, 2.24) is 0 Å². The van der Waals surface area contributed by atoms with Crippen LogP contribution in [0.15, 0.2) is 48.5 Å². The normalized spacial score (nSPS) is 11.8. The van der Waals surface area contributed by atoms with E-state index in [1.807, 2.05) is 55.5 Å². The van der Waals surface area contributed by atoms with E-state index in [0.717, 1.165) is 22.8 Å². The SMILES string of the molecule is CCOc1ccc(OCC(N)c2ccc(OC)cc2)cc1. The Bertz CT molecular complexity index is 537. The molecule has 0 fully saturated rings. The summed E-state index contributed by atoms with van der Waals surface area (Å²) in [5.74, 6) is 2.44. The molecule has 0 aliphatic rings. The van der Waals surface area contributed by atoms with Gasteiger partial charge in [0.15, 0.2) is 0 Å². The molecule has 4 nitrogen and oxygen atoms in total. The van der Waals surface area contributed by atoms with Gasteiger partial charge in [0.05, 0.1) is 19.8 Å². The van der Waals surface area contributed by atoms with Gasteiger partial charge in [-0.25, -0.2) is 0 Å². The molecular weight excluding hydrogens is 266 g/mol. The summed E-state index contributed by atoms with van der Waals surface area (Å²) in [5, 5.41) is 0. The average molecular weight is 287 g/mol. The lowest BCUT2D eigenvalue weighted by Gasteiger charge is -2.14. The zero-order valence-corrected chi connectivity index (χ0v) is 12.4. The Morgan fingerprint density at radius 3 is 1.90 bits per heavy atom. The highest BCUT2D eigenvalue weighted by Gasteiger charge is 2.07. The van der Waals surface area contributed by atoms with E-state index in [2.05, 4.69) is 0 Å². The van der Waals surface area contributed by atoms with Crippen LogP contribution in [0.4, 0.5) is 0 Å². The Kier molecular flexibility index (Phi) is 5.46. The van der Waals surface area contributed by atoms with Crippen LogP contribution in [0.3, 0.4) is 0 Å². The Balaban J connectivity index is 1.88. The standard InChI is InChI=1S/C17H21NO3/c1-3-20-15-8-10-16(11-9-15)21-12-17(18)13-4-6-14(19-2)7-5-13/h4-11,17H,3,12,18H2,1-2H3. The molecule has 0 amide bonds. The predicted molar refractivity (Wildman–Crippen MR) is 83.0 cm³/mol. The van der Waals surface area contributed by atoms with Crippen molar-refractivity contribution in [2.24, 2.45) is 5.73 Å². The number of hydrogen-bond donors (Lipinski definition) is 1. The minimum atomic E-state index is -0.178. The first-order chi connectivity index (χ1) is 10.2. The van der Waals surface area contributed by atoms with E-state index >= 15 is 0 Å². The van der Waals surface area contributed by atoms with Crippen molar-refractivity contribution >= 4 is 0 Å². The monoisotopic (exact) mass is 287 g/mol. The minimum Gasteiger partial charge on any atom is -0.497 e. The lowest BCUT2D eigenvalue weighted by molar-refractivity contribution is 0.289. The van der Waals surface area contributed by atoms with Crippen LogP contribution in [-0.4, -0.2) is 20.3 Å². The predicted octanol–water partition coefficient (Wildman–Crippen LogP) is 3.17. The van der Waals surface area contributed by atoms with Gasteiger partial charge >= 0.3 is 0 Å². The summed E-state index contributed by atoms with van der Waals surface area (Å²) >= 11 is 0. The van der Waals surface area contributed by atoms with Gasteiger partial charge in [-0.1, -0.05) is 12.1 Å². The van der Waals surface area contributed by atoms with Crippen molar-refractivity contribution in [3.05, 3.63) is 54.1 Å². The van der Waals surface area contributed by atoms with Crippen LogP contribution < -0.4 is 19.9 Å². The van der Waals surface area contributed by atoms with Crippen molar-refractivity contribution in [3.63, 3.8) is 0 Å². The maximum absolute atomic E-state index is 6.12. The van der Waals surface area contributed by atoms with Crippen molar-refractivity contribution in [3.8, 4) is 17.2 Å². The summed E-state index contributed by atoms with van der Waals surface area (Å²) in [7, 11) is 1.64. The van der Waals surface area contributed by atoms with E-state index in [1.165, 1.54) is 0 Å². The number of benzene rings is 2. The second kappa shape index (κ2) is 7.55. The third-order valence-corrected chi connectivity index (χ3v) is 3.11. The van der Waals surface area contributed by atoms with E-state index < -0.39 is 0 Å². The molecule has 2 aromatic rings. The summed E-state index contributed by atoms with van der Waals surface area (Å²) in [4.78, 5) is 0. The van der Waals surface area contributed by atoms with E-state index in [0.29, 0.717) is 13.2 Å². The second-order valence-electron chi connectivity index (χ2n) is 4.60. The molecule has 112 valence electrons. The molecule has 1 unspecified atom stereocenters. The van der Waals surface area contributed by atoms with E-state index in [-0.39, 0.29) is 6.04 Å². The highest BCUT2D eigenvalue weighted by molar-refractivity contribution is 5.32. The Hall–Kier alpha value is -2.20. The van der Waals surface area contributed by atoms with Gasteiger partial charge in [-0.05, 0) is 48.9 Å². The van der Waals surface area contributed by atoms with E-state index in [9.17, 15) is 0 Å². The topological polar surface area (TPSA) is 53.7 Å². The van der Waals surface area contributed by atoms with E-state index in [1.54, 1.807) is 7.11 Å². The van der Waals surface area contributed by atoms with Crippen molar-refractivity contribution in [1.29, 1.82) is 0 Å². The second-order valence-corrected chi connectivity index (χ2v) is 4.60. The fraction of sp³-hybridized carbons (Fsp3) is 0.294. The fourth-order valence-electron chi connectivity index (χ4n) is 1.93. The molecule has 0 aromatic heterocycles. The van der Waals surface area contributed by atoms with E-state index in [4.69, 9.17) is 19.9 Å². The minimum absolute atomic E-state index is 0.178. The number of ether oxygens (including phenoxy) is 3. The molecule has 0 saturated carbocycles. The maximum atomic E-state index is 6.12. The first-order valence-electron chi connectivity index (χ1n) is 6.98. The van der Waals surface area contributed by atoms with Crippen LogP contribution >= 0.6 is 0 Å². The molecule has 0 spiro atoms. The quantitative estimate of drug-likeness (QED) is 0.850. The largest absolute Gasteiger partial charge is 0.497 e. The molecule has 0 radical (unpaired) electrons. The van der Waals surface area contributed by atoms with Crippen LogP contribution in [0.1, 0.15) is 18.5 Å². The molecule has 0 bridgehead atoms. The number of nitrogens with two attached hydrogens (primary N) is 1.